The third kappa shape index (κ3) is 4.10. The first-order valence-corrected chi connectivity index (χ1v) is 9.78. The minimum atomic E-state index is -0.509. The Bertz CT molecular complexity index is 1130. The summed E-state index contributed by atoms with van der Waals surface area (Å²) in [6.07, 6.45) is 0. The molecule has 1 amide bonds. The molecule has 0 unspecified atom stereocenters. The number of carbonyl (C=O) groups excluding carboxylic acids is 1. The molecule has 0 saturated heterocycles. The van der Waals surface area contributed by atoms with Crippen molar-refractivity contribution < 1.29 is 19.5 Å². The van der Waals surface area contributed by atoms with Crippen LogP contribution in [0, 0.1) is 0 Å². The normalized spacial score (nSPS) is 13.7. The van der Waals surface area contributed by atoms with Gasteiger partial charge in [-0.3, -0.25) is 4.79 Å². The number of hydrazine groups is 1. The Morgan fingerprint density at radius 3 is 2.67 bits per heavy atom. The number of ether oxygens (including phenoxy) is 1. The van der Waals surface area contributed by atoms with Crippen LogP contribution < -0.4 is 15.3 Å². The van der Waals surface area contributed by atoms with E-state index in [0.717, 1.165) is 11.3 Å². The number of rotatable bonds is 5. The van der Waals surface area contributed by atoms with E-state index in [1.807, 2.05) is 0 Å². The Balaban J connectivity index is 1.52. The predicted molar refractivity (Wildman–Crippen MR) is 112 cm³/mol. The van der Waals surface area contributed by atoms with Gasteiger partial charge in [0.25, 0.3) is 5.91 Å². The van der Waals surface area contributed by atoms with Gasteiger partial charge in [-0.15, -0.1) is 21.6 Å². The zero-order chi connectivity index (χ0) is 21.1. The van der Waals surface area contributed by atoms with Crippen LogP contribution in [0.1, 0.15) is 16.1 Å². The number of amides is 1. The van der Waals surface area contributed by atoms with E-state index in [9.17, 15) is 9.90 Å². The smallest absolute Gasteiger partial charge is 0.327 e. The maximum absolute atomic E-state index is 12.2. The molecule has 2 aromatic carbocycles. The summed E-state index contributed by atoms with van der Waals surface area (Å²) in [5.74, 6) is -0.225. The van der Waals surface area contributed by atoms with Gasteiger partial charge in [0.1, 0.15) is 11.4 Å². The molecule has 0 saturated carbocycles. The molecule has 2 heterocycles. The lowest BCUT2D eigenvalue weighted by atomic mass is 10.2. The third-order valence-corrected chi connectivity index (χ3v) is 5.02. The lowest BCUT2D eigenvalue weighted by Crippen LogP contribution is -2.30. The van der Waals surface area contributed by atoms with Gasteiger partial charge in [-0.25, -0.2) is 9.99 Å². The number of aliphatic hydroxyl groups excluding tert-OH is 1. The summed E-state index contributed by atoms with van der Waals surface area (Å²) in [6, 6.07) is 13.4. The first-order valence-electron chi connectivity index (χ1n) is 8.52. The van der Waals surface area contributed by atoms with E-state index in [4.69, 9.17) is 21.2 Å². The molecular formula is C19H14ClN5O4S. The van der Waals surface area contributed by atoms with Crippen molar-refractivity contribution in [1.29, 1.82) is 0 Å². The van der Waals surface area contributed by atoms with Gasteiger partial charge in [0.2, 0.25) is 5.13 Å². The largest absolute Gasteiger partial charge is 0.497 e. The maximum atomic E-state index is 12.2. The number of hydrogen-bond donors (Lipinski definition) is 2. The number of thiazole rings is 1. The molecule has 1 aliphatic heterocycles. The number of methoxy groups -OCH3 is 1. The fourth-order valence-electron chi connectivity index (χ4n) is 2.57. The number of aromatic nitrogens is 1. The maximum Gasteiger partial charge on any atom is 0.327 e. The summed E-state index contributed by atoms with van der Waals surface area (Å²) in [5.41, 5.74) is 4.32. The standard InChI is InChI=1S/C19H14ClN5O4S/c1-28-14-8-2-11(3-9-14)17(26)22-23-19-21-15(10-30-19)16-18(27)29-24-25(16)13-6-4-12(20)5-7-13/h2-10,24,27H,1H3. The fraction of sp³-hybridized carbons (Fsp3) is 0.0526. The topological polar surface area (TPSA) is 109 Å². The Kier molecular flexibility index (Phi) is 5.61. The highest BCUT2D eigenvalue weighted by molar-refractivity contribution is 7.13. The molecule has 3 aromatic rings. The molecule has 30 heavy (non-hydrogen) atoms. The summed E-state index contributed by atoms with van der Waals surface area (Å²) < 4.78 is 5.06. The monoisotopic (exact) mass is 443 g/mol. The molecule has 1 aromatic heterocycles. The first-order chi connectivity index (χ1) is 14.5. The van der Waals surface area contributed by atoms with Crippen LogP contribution >= 0.6 is 22.9 Å². The highest BCUT2D eigenvalue weighted by Gasteiger charge is 2.29. The molecule has 2 N–H and O–H groups in total. The second-order valence-corrected chi connectivity index (χ2v) is 7.18. The van der Waals surface area contributed by atoms with Crippen molar-refractivity contribution in [3.8, 4) is 5.75 Å². The van der Waals surface area contributed by atoms with Crippen LogP contribution in [0.3, 0.4) is 0 Å². The van der Waals surface area contributed by atoms with Gasteiger partial charge in [0, 0.05) is 16.0 Å². The zero-order valence-electron chi connectivity index (χ0n) is 15.4. The molecule has 0 aliphatic carbocycles. The molecule has 0 radical (unpaired) electrons. The molecule has 0 spiro atoms. The first kappa shape index (κ1) is 19.8. The quantitative estimate of drug-likeness (QED) is 0.541. The Labute approximate surface area is 179 Å². The molecule has 11 heteroatoms. The SMILES string of the molecule is COc1ccc(C(=O)N=Nc2nc(C3=C(O)ONN3c3ccc(Cl)cc3)cs2)cc1. The second-order valence-electron chi connectivity index (χ2n) is 5.91. The third-order valence-electron chi connectivity index (χ3n) is 4.04. The van der Waals surface area contributed by atoms with E-state index < -0.39 is 5.91 Å². The van der Waals surface area contributed by atoms with Crippen molar-refractivity contribution in [2.45, 2.75) is 0 Å². The Morgan fingerprint density at radius 2 is 1.97 bits per heavy atom. The minimum absolute atomic E-state index is 0.245. The van der Waals surface area contributed by atoms with E-state index in [0.29, 0.717) is 27.7 Å². The van der Waals surface area contributed by atoms with Gasteiger partial charge in [0.05, 0.1) is 12.8 Å². The van der Waals surface area contributed by atoms with Crippen molar-refractivity contribution in [2.24, 2.45) is 10.2 Å². The predicted octanol–water partition coefficient (Wildman–Crippen LogP) is 4.87. The molecule has 9 nitrogen and oxygen atoms in total. The molecule has 152 valence electrons. The van der Waals surface area contributed by atoms with Crippen LogP contribution in [-0.2, 0) is 4.84 Å². The van der Waals surface area contributed by atoms with Gasteiger partial charge in [-0.05, 0) is 48.5 Å². The van der Waals surface area contributed by atoms with Crippen LogP contribution in [-0.4, -0.2) is 23.1 Å². The van der Waals surface area contributed by atoms with Crippen molar-refractivity contribution in [3.63, 3.8) is 0 Å². The summed E-state index contributed by atoms with van der Waals surface area (Å²) in [4.78, 5) is 21.5. The van der Waals surface area contributed by atoms with E-state index in [1.165, 1.54) is 5.01 Å². The molecule has 1 aliphatic rings. The molecule has 0 atom stereocenters. The molecule has 4 rings (SSSR count). The molecule has 0 fully saturated rings. The van der Waals surface area contributed by atoms with Crippen LogP contribution in [0.2, 0.25) is 5.02 Å². The zero-order valence-corrected chi connectivity index (χ0v) is 17.0. The number of azo groups is 1. The number of hydrogen-bond acceptors (Lipinski definition) is 9. The Morgan fingerprint density at radius 1 is 1.23 bits per heavy atom. The van der Waals surface area contributed by atoms with E-state index in [1.54, 1.807) is 61.0 Å². The number of benzene rings is 2. The minimum Gasteiger partial charge on any atom is -0.497 e. The van der Waals surface area contributed by atoms with Gasteiger partial charge in [-0.2, -0.15) is 0 Å². The number of aliphatic hydroxyl groups is 1. The van der Waals surface area contributed by atoms with Crippen molar-refractivity contribution in [2.75, 3.05) is 12.1 Å². The highest BCUT2D eigenvalue weighted by Crippen LogP contribution is 2.33. The van der Waals surface area contributed by atoms with Crippen LogP contribution in [0.5, 0.6) is 5.75 Å². The molecular weight excluding hydrogens is 430 g/mol. The van der Waals surface area contributed by atoms with Gasteiger partial charge < -0.3 is 14.7 Å². The Hall–Kier alpha value is -3.47. The highest BCUT2D eigenvalue weighted by atomic mass is 35.5. The summed E-state index contributed by atoms with van der Waals surface area (Å²) in [5, 5.41) is 21.7. The fourth-order valence-corrected chi connectivity index (χ4v) is 3.32. The van der Waals surface area contributed by atoms with Crippen LogP contribution in [0.4, 0.5) is 10.8 Å². The number of nitrogens with zero attached hydrogens (tertiary/aromatic N) is 4. The van der Waals surface area contributed by atoms with Crippen LogP contribution in [0.25, 0.3) is 5.70 Å². The van der Waals surface area contributed by atoms with E-state index >= 15 is 0 Å². The van der Waals surface area contributed by atoms with Crippen molar-refractivity contribution >= 4 is 45.4 Å². The van der Waals surface area contributed by atoms with E-state index in [-0.39, 0.29) is 16.8 Å². The molecule has 0 bridgehead atoms. The van der Waals surface area contributed by atoms with Crippen LogP contribution in [0.15, 0.2) is 70.1 Å². The van der Waals surface area contributed by atoms with Gasteiger partial charge >= 0.3 is 5.95 Å². The average molecular weight is 444 g/mol. The van der Waals surface area contributed by atoms with Gasteiger partial charge in [0.15, 0.2) is 5.70 Å². The second kappa shape index (κ2) is 8.49. The number of halogens is 1. The number of nitrogens with one attached hydrogen (secondary N) is 1. The van der Waals surface area contributed by atoms with E-state index in [2.05, 4.69) is 20.8 Å². The number of carbonyl (C=O) groups is 1. The van der Waals surface area contributed by atoms with Crippen molar-refractivity contribution in [1.82, 2.24) is 10.6 Å². The summed E-state index contributed by atoms with van der Waals surface area (Å²) in [7, 11) is 1.54. The van der Waals surface area contributed by atoms with Gasteiger partial charge in [-0.1, -0.05) is 17.2 Å². The lowest BCUT2D eigenvalue weighted by molar-refractivity contribution is 0.0461. The summed E-state index contributed by atoms with van der Waals surface area (Å²) in [6.45, 7) is 0. The summed E-state index contributed by atoms with van der Waals surface area (Å²) >= 11 is 7.09. The lowest BCUT2D eigenvalue weighted by Gasteiger charge is -2.17. The van der Waals surface area contributed by atoms with Crippen molar-refractivity contribution in [3.05, 3.63) is 76.1 Å². The number of anilines is 1. The average Bonchev–Trinajstić information content (AvgIpc) is 3.39.